The third kappa shape index (κ3) is 2.84. The van der Waals surface area contributed by atoms with Gasteiger partial charge in [-0.25, -0.2) is 4.68 Å². The maximum atomic E-state index is 12.2. The van der Waals surface area contributed by atoms with Gasteiger partial charge in [0.1, 0.15) is 0 Å². The molecule has 0 bridgehead atoms. The van der Waals surface area contributed by atoms with Gasteiger partial charge in [0, 0.05) is 6.07 Å². The molecule has 4 heteroatoms. The van der Waals surface area contributed by atoms with Gasteiger partial charge in [0.2, 0.25) is 0 Å². The van der Waals surface area contributed by atoms with Crippen LogP contribution < -0.4 is 11.1 Å². The molecule has 0 unspecified atom stereocenters. The van der Waals surface area contributed by atoms with Gasteiger partial charge in [0.25, 0.3) is 11.1 Å². The highest BCUT2D eigenvalue weighted by atomic mass is 16.2. The lowest BCUT2D eigenvalue weighted by molar-refractivity contribution is 0.629. The quantitative estimate of drug-likeness (QED) is 0.799. The van der Waals surface area contributed by atoms with Crippen molar-refractivity contribution >= 4 is 0 Å². The molecule has 4 nitrogen and oxygen atoms in total. The zero-order valence-electron chi connectivity index (χ0n) is 11.3. The first-order valence-corrected chi connectivity index (χ1v) is 6.67. The van der Waals surface area contributed by atoms with Crippen LogP contribution in [-0.4, -0.2) is 9.78 Å². The molecule has 1 heterocycles. The summed E-state index contributed by atoms with van der Waals surface area (Å²) in [6.45, 7) is 0.351. The largest absolute Gasteiger partial charge is 0.270 e. The number of nitrogens with one attached hydrogen (secondary N) is 1. The number of aromatic amines is 1. The summed E-state index contributed by atoms with van der Waals surface area (Å²) < 4.78 is 1.32. The maximum absolute atomic E-state index is 12.2. The van der Waals surface area contributed by atoms with E-state index in [0.29, 0.717) is 12.1 Å². The van der Waals surface area contributed by atoms with E-state index in [4.69, 9.17) is 0 Å². The Morgan fingerprint density at radius 2 is 1.48 bits per heavy atom. The summed E-state index contributed by atoms with van der Waals surface area (Å²) in [6, 6.07) is 20.1. The lowest BCUT2D eigenvalue weighted by Gasteiger charge is -2.07. The molecule has 0 aliphatic carbocycles. The van der Waals surface area contributed by atoms with Gasteiger partial charge in [-0.3, -0.25) is 14.7 Å². The van der Waals surface area contributed by atoms with Gasteiger partial charge in [0.05, 0.1) is 12.1 Å². The van der Waals surface area contributed by atoms with Crippen molar-refractivity contribution in [2.45, 2.75) is 6.54 Å². The van der Waals surface area contributed by atoms with Crippen molar-refractivity contribution < 1.29 is 0 Å². The number of rotatable bonds is 3. The molecule has 0 saturated heterocycles. The number of benzene rings is 2. The van der Waals surface area contributed by atoms with E-state index in [0.717, 1.165) is 11.1 Å². The molecule has 0 atom stereocenters. The molecular weight excluding hydrogens is 264 g/mol. The predicted molar refractivity (Wildman–Crippen MR) is 82.3 cm³/mol. The first kappa shape index (κ1) is 13.1. The van der Waals surface area contributed by atoms with E-state index in [1.165, 1.54) is 10.7 Å². The third-order valence-corrected chi connectivity index (χ3v) is 3.28. The first-order chi connectivity index (χ1) is 10.2. The zero-order chi connectivity index (χ0) is 14.7. The molecular formula is C17H14N2O2. The second-order valence-corrected chi connectivity index (χ2v) is 4.77. The highest BCUT2D eigenvalue weighted by Crippen LogP contribution is 2.11. The Balaban J connectivity index is 2.01. The van der Waals surface area contributed by atoms with E-state index in [-0.39, 0.29) is 11.1 Å². The van der Waals surface area contributed by atoms with Crippen LogP contribution in [0.15, 0.2) is 76.3 Å². The fourth-order valence-corrected chi connectivity index (χ4v) is 2.22. The van der Waals surface area contributed by atoms with Crippen molar-refractivity contribution in [3.05, 3.63) is 93.0 Å². The summed E-state index contributed by atoms with van der Waals surface area (Å²) in [4.78, 5) is 24.3. The number of aromatic nitrogens is 2. The van der Waals surface area contributed by atoms with Gasteiger partial charge >= 0.3 is 0 Å². The Kier molecular flexibility index (Phi) is 3.51. The first-order valence-electron chi connectivity index (χ1n) is 6.67. The van der Waals surface area contributed by atoms with Gasteiger partial charge in [-0.2, -0.15) is 0 Å². The van der Waals surface area contributed by atoms with Crippen molar-refractivity contribution in [2.24, 2.45) is 0 Å². The lowest BCUT2D eigenvalue weighted by Crippen LogP contribution is -2.30. The molecule has 3 aromatic rings. The van der Waals surface area contributed by atoms with Crippen LogP contribution in [0, 0.1) is 0 Å². The van der Waals surface area contributed by atoms with Crippen LogP contribution in [0.4, 0.5) is 0 Å². The molecule has 2 aromatic carbocycles. The minimum Gasteiger partial charge on any atom is -0.268 e. The third-order valence-electron chi connectivity index (χ3n) is 3.28. The Hall–Kier alpha value is -2.88. The SMILES string of the molecule is O=c1[nH]n(Cc2ccccc2)c(=O)cc1-c1ccccc1. The van der Waals surface area contributed by atoms with E-state index >= 15 is 0 Å². The second kappa shape index (κ2) is 5.63. The average molecular weight is 278 g/mol. The summed E-state index contributed by atoms with van der Waals surface area (Å²) in [5.41, 5.74) is 1.60. The van der Waals surface area contributed by atoms with E-state index in [9.17, 15) is 9.59 Å². The second-order valence-electron chi connectivity index (χ2n) is 4.77. The molecule has 0 radical (unpaired) electrons. The van der Waals surface area contributed by atoms with Crippen LogP contribution in [0.2, 0.25) is 0 Å². The van der Waals surface area contributed by atoms with Gasteiger partial charge < -0.3 is 0 Å². The van der Waals surface area contributed by atoms with Crippen LogP contribution in [-0.2, 0) is 6.54 Å². The van der Waals surface area contributed by atoms with Crippen LogP contribution in [0.3, 0.4) is 0 Å². The summed E-state index contributed by atoms with van der Waals surface area (Å²) in [7, 11) is 0. The fourth-order valence-electron chi connectivity index (χ4n) is 2.22. The molecule has 3 rings (SSSR count). The van der Waals surface area contributed by atoms with Crippen molar-refractivity contribution in [3.8, 4) is 11.1 Å². The standard InChI is InChI=1S/C17H14N2O2/c20-16-11-15(14-9-5-2-6-10-14)17(21)18-19(16)12-13-7-3-1-4-8-13/h1-11H,12H2,(H,18,21). The smallest absolute Gasteiger partial charge is 0.268 e. The van der Waals surface area contributed by atoms with Crippen LogP contribution in [0.5, 0.6) is 0 Å². The molecule has 21 heavy (non-hydrogen) atoms. The Labute approximate surface area is 121 Å². The molecule has 0 fully saturated rings. The van der Waals surface area contributed by atoms with E-state index in [1.54, 1.807) is 0 Å². The van der Waals surface area contributed by atoms with Crippen LogP contribution in [0.25, 0.3) is 11.1 Å². The molecule has 1 aromatic heterocycles. The van der Waals surface area contributed by atoms with Crippen molar-refractivity contribution in [3.63, 3.8) is 0 Å². The van der Waals surface area contributed by atoms with Crippen molar-refractivity contribution in [1.29, 1.82) is 0 Å². The predicted octanol–water partition coefficient (Wildman–Crippen LogP) is 2.25. The normalized spacial score (nSPS) is 10.5. The van der Waals surface area contributed by atoms with Gasteiger partial charge in [0.15, 0.2) is 0 Å². The van der Waals surface area contributed by atoms with Gasteiger partial charge in [-0.15, -0.1) is 0 Å². The number of nitrogens with zero attached hydrogens (tertiary/aromatic N) is 1. The molecule has 0 saturated carbocycles. The zero-order valence-corrected chi connectivity index (χ0v) is 11.3. The summed E-state index contributed by atoms with van der Waals surface area (Å²) in [6.07, 6.45) is 0. The molecule has 0 aliphatic heterocycles. The number of hydrogen-bond donors (Lipinski definition) is 1. The molecule has 0 aliphatic rings. The summed E-state index contributed by atoms with van der Waals surface area (Å²) in [5.74, 6) is 0. The maximum Gasteiger partial charge on any atom is 0.270 e. The molecule has 0 spiro atoms. The fraction of sp³-hybridized carbons (Fsp3) is 0.0588. The Bertz CT molecular complexity index is 849. The highest BCUT2D eigenvalue weighted by molar-refractivity contribution is 5.61. The summed E-state index contributed by atoms with van der Waals surface area (Å²) >= 11 is 0. The summed E-state index contributed by atoms with van der Waals surface area (Å²) in [5, 5.41) is 2.64. The van der Waals surface area contributed by atoms with Gasteiger partial charge in [-0.05, 0) is 11.1 Å². The minimum absolute atomic E-state index is 0.225. The average Bonchev–Trinajstić information content (AvgIpc) is 2.52. The van der Waals surface area contributed by atoms with E-state index in [2.05, 4.69) is 5.10 Å². The topological polar surface area (TPSA) is 54.9 Å². The van der Waals surface area contributed by atoms with Crippen molar-refractivity contribution in [1.82, 2.24) is 9.78 Å². The van der Waals surface area contributed by atoms with Crippen LogP contribution in [0.1, 0.15) is 5.56 Å². The number of hydrogen-bond acceptors (Lipinski definition) is 2. The van der Waals surface area contributed by atoms with Gasteiger partial charge in [-0.1, -0.05) is 60.7 Å². The Morgan fingerprint density at radius 1 is 0.857 bits per heavy atom. The lowest BCUT2D eigenvalue weighted by atomic mass is 10.1. The van der Waals surface area contributed by atoms with Crippen molar-refractivity contribution in [2.75, 3.05) is 0 Å². The molecule has 0 amide bonds. The Morgan fingerprint density at radius 3 is 2.14 bits per heavy atom. The molecule has 1 N–H and O–H groups in total. The highest BCUT2D eigenvalue weighted by Gasteiger charge is 2.07. The monoisotopic (exact) mass is 278 g/mol. The minimum atomic E-state index is -0.267. The number of H-pyrrole nitrogens is 1. The van der Waals surface area contributed by atoms with E-state index in [1.807, 2.05) is 60.7 Å². The van der Waals surface area contributed by atoms with Crippen LogP contribution >= 0.6 is 0 Å². The van der Waals surface area contributed by atoms with E-state index < -0.39 is 0 Å². The molecule has 104 valence electrons.